The fraction of sp³-hybridized carbons (Fsp3) is 0. The Morgan fingerprint density at radius 1 is 0.305 bits per heavy atom. The third-order valence-corrected chi connectivity index (χ3v) is 12.1. The Bertz CT molecular complexity index is 3670. The molecule has 12 aromatic rings. The summed E-state index contributed by atoms with van der Waals surface area (Å²) in [4.78, 5) is 0. The first kappa shape index (κ1) is 33.1. The van der Waals surface area contributed by atoms with Gasteiger partial charge in [0.2, 0.25) is 0 Å². The lowest BCUT2D eigenvalue weighted by atomic mass is 9.98. The molecule has 0 unspecified atom stereocenters. The van der Waals surface area contributed by atoms with Crippen LogP contribution in [0.3, 0.4) is 0 Å². The molecule has 0 aliphatic heterocycles. The van der Waals surface area contributed by atoms with E-state index in [1.165, 1.54) is 48.9 Å². The molecule has 3 aromatic heterocycles. The predicted molar refractivity (Wildman–Crippen MR) is 245 cm³/mol. The second kappa shape index (κ2) is 13.0. The van der Waals surface area contributed by atoms with E-state index in [9.17, 15) is 5.26 Å². The fourth-order valence-corrected chi connectivity index (χ4v) is 9.44. The van der Waals surface area contributed by atoms with Crippen LogP contribution >= 0.6 is 0 Å². The van der Waals surface area contributed by atoms with Gasteiger partial charge in [0.1, 0.15) is 0 Å². The fourth-order valence-electron chi connectivity index (χ4n) is 9.44. The third kappa shape index (κ3) is 5.02. The molecular weight excluding hydrogens is 717 g/mol. The highest BCUT2D eigenvalue weighted by atomic mass is 15.0. The number of hydrogen-bond donors (Lipinski definition) is 0. The number of nitrogens with zero attached hydrogens (tertiary/aromatic N) is 4. The molecule has 0 saturated carbocycles. The van der Waals surface area contributed by atoms with Gasteiger partial charge in [0, 0.05) is 49.3 Å². The van der Waals surface area contributed by atoms with Crippen LogP contribution in [-0.4, -0.2) is 13.7 Å². The van der Waals surface area contributed by atoms with Gasteiger partial charge in [0.15, 0.2) is 0 Å². The van der Waals surface area contributed by atoms with Gasteiger partial charge in [0.25, 0.3) is 0 Å². The number of benzene rings is 9. The topological polar surface area (TPSA) is 38.6 Å². The first-order chi connectivity index (χ1) is 29.2. The molecule has 12 rings (SSSR count). The smallest absolute Gasteiger partial charge is 0.0991 e. The van der Waals surface area contributed by atoms with Crippen molar-refractivity contribution in [3.8, 4) is 45.4 Å². The summed E-state index contributed by atoms with van der Waals surface area (Å²) in [6.07, 6.45) is 0. The van der Waals surface area contributed by atoms with Gasteiger partial charge in [-0.05, 0) is 108 Å². The zero-order valence-corrected chi connectivity index (χ0v) is 31.9. The van der Waals surface area contributed by atoms with Gasteiger partial charge >= 0.3 is 0 Å². The molecule has 59 heavy (non-hydrogen) atoms. The van der Waals surface area contributed by atoms with Crippen LogP contribution in [0.5, 0.6) is 0 Å². The van der Waals surface area contributed by atoms with E-state index in [1.807, 2.05) is 12.1 Å². The lowest BCUT2D eigenvalue weighted by Crippen LogP contribution is -1.98. The summed E-state index contributed by atoms with van der Waals surface area (Å²) in [6, 6.07) is 76.1. The predicted octanol–water partition coefficient (Wildman–Crippen LogP) is 14.2. The Labute approximate surface area is 340 Å². The molecule has 0 fully saturated rings. The second-order valence-corrected chi connectivity index (χ2v) is 15.3. The van der Waals surface area contributed by atoms with Crippen molar-refractivity contribution >= 4 is 65.4 Å². The maximum Gasteiger partial charge on any atom is 0.0991 e. The van der Waals surface area contributed by atoms with Crippen molar-refractivity contribution in [3.05, 3.63) is 212 Å². The molecule has 0 spiro atoms. The van der Waals surface area contributed by atoms with Crippen LogP contribution in [0.2, 0.25) is 0 Å². The normalized spacial score (nSPS) is 11.7. The molecule has 0 radical (unpaired) electrons. The first-order valence-corrected chi connectivity index (χ1v) is 20.0. The van der Waals surface area contributed by atoms with E-state index >= 15 is 0 Å². The summed E-state index contributed by atoms with van der Waals surface area (Å²) < 4.78 is 7.09. The van der Waals surface area contributed by atoms with Crippen LogP contribution in [0.25, 0.3) is 105 Å². The molecule has 0 aliphatic rings. The largest absolute Gasteiger partial charge is 0.309 e. The van der Waals surface area contributed by atoms with Crippen LogP contribution < -0.4 is 0 Å². The molecule has 9 aromatic carbocycles. The van der Waals surface area contributed by atoms with Gasteiger partial charge in [-0.1, -0.05) is 115 Å². The minimum Gasteiger partial charge on any atom is -0.309 e. The van der Waals surface area contributed by atoms with Gasteiger partial charge in [-0.15, -0.1) is 0 Å². The number of fused-ring (bicyclic) bond motifs is 9. The summed E-state index contributed by atoms with van der Waals surface area (Å²) in [7, 11) is 0. The lowest BCUT2D eigenvalue weighted by Gasteiger charge is -2.15. The molecule has 3 heterocycles. The standard InChI is InChI=1S/C55H34N4/c56-35-36-23-28-52(46(31-36)39-26-30-53-48(33-39)43-18-8-11-21-50(43)57(53)40-13-3-1-4-14-40)59-51-22-12-9-19-44(51)47-32-37(25-29-54(47)59)38-24-27-45-42-17-7-10-20-49(42)58(55(45)34-38)41-15-5-2-6-16-41/h1-34H. The molecule has 0 bridgehead atoms. The van der Waals surface area contributed by atoms with E-state index in [4.69, 9.17) is 0 Å². The third-order valence-electron chi connectivity index (χ3n) is 12.1. The molecule has 4 nitrogen and oxygen atoms in total. The van der Waals surface area contributed by atoms with Crippen molar-refractivity contribution in [2.45, 2.75) is 0 Å². The van der Waals surface area contributed by atoms with Crippen molar-refractivity contribution in [1.82, 2.24) is 13.7 Å². The van der Waals surface area contributed by atoms with Gasteiger partial charge in [-0.2, -0.15) is 5.26 Å². The summed E-state index contributed by atoms with van der Waals surface area (Å²) in [6.45, 7) is 0. The van der Waals surface area contributed by atoms with E-state index in [0.29, 0.717) is 5.56 Å². The highest BCUT2D eigenvalue weighted by Gasteiger charge is 2.20. The molecule has 0 N–H and O–H groups in total. The van der Waals surface area contributed by atoms with E-state index < -0.39 is 0 Å². The maximum atomic E-state index is 10.2. The van der Waals surface area contributed by atoms with Crippen molar-refractivity contribution in [3.63, 3.8) is 0 Å². The SMILES string of the molecule is N#Cc1ccc(-n2c3ccccc3c3cc(-c4ccc5c6ccccc6n(-c6ccccc6)c5c4)ccc32)c(-c2ccc3c(c2)c2ccccc2n3-c2ccccc2)c1. The van der Waals surface area contributed by atoms with Gasteiger partial charge in [-0.25, -0.2) is 0 Å². The van der Waals surface area contributed by atoms with Crippen LogP contribution in [-0.2, 0) is 0 Å². The minimum atomic E-state index is 0.627. The van der Waals surface area contributed by atoms with Crippen molar-refractivity contribution in [2.75, 3.05) is 0 Å². The lowest BCUT2D eigenvalue weighted by molar-refractivity contribution is 1.18. The molecular formula is C55H34N4. The Hall–Kier alpha value is -8.13. The maximum absolute atomic E-state index is 10.2. The Kier molecular flexibility index (Phi) is 7.26. The van der Waals surface area contributed by atoms with Crippen LogP contribution in [0.1, 0.15) is 5.56 Å². The zero-order valence-electron chi connectivity index (χ0n) is 31.9. The van der Waals surface area contributed by atoms with E-state index in [1.54, 1.807) is 0 Å². The monoisotopic (exact) mass is 750 g/mol. The second-order valence-electron chi connectivity index (χ2n) is 15.3. The Balaban J connectivity index is 1.05. The van der Waals surface area contributed by atoms with E-state index in [0.717, 1.165) is 55.8 Å². The summed E-state index contributed by atoms with van der Waals surface area (Å²) in [5, 5.41) is 17.4. The summed E-state index contributed by atoms with van der Waals surface area (Å²) >= 11 is 0. The Morgan fingerprint density at radius 2 is 0.746 bits per heavy atom. The molecule has 274 valence electrons. The number of hydrogen-bond acceptors (Lipinski definition) is 1. The molecule has 4 heteroatoms. The number of para-hydroxylation sites is 5. The highest BCUT2D eigenvalue weighted by Crippen LogP contribution is 2.42. The summed E-state index contributed by atoms with van der Waals surface area (Å²) in [5.41, 5.74) is 15.2. The first-order valence-electron chi connectivity index (χ1n) is 20.0. The van der Waals surface area contributed by atoms with Crippen LogP contribution in [0.4, 0.5) is 0 Å². The van der Waals surface area contributed by atoms with Crippen LogP contribution in [0, 0.1) is 11.3 Å². The molecule has 0 amide bonds. The summed E-state index contributed by atoms with van der Waals surface area (Å²) in [5.74, 6) is 0. The van der Waals surface area contributed by atoms with Crippen molar-refractivity contribution in [1.29, 1.82) is 5.26 Å². The van der Waals surface area contributed by atoms with Crippen molar-refractivity contribution < 1.29 is 0 Å². The van der Waals surface area contributed by atoms with E-state index in [2.05, 4.69) is 214 Å². The van der Waals surface area contributed by atoms with Crippen molar-refractivity contribution in [2.24, 2.45) is 0 Å². The molecule has 0 aliphatic carbocycles. The van der Waals surface area contributed by atoms with Gasteiger partial charge in [-0.3, -0.25) is 0 Å². The number of rotatable bonds is 5. The van der Waals surface area contributed by atoms with E-state index in [-0.39, 0.29) is 0 Å². The van der Waals surface area contributed by atoms with Gasteiger partial charge < -0.3 is 13.7 Å². The zero-order chi connectivity index (χ0) is 39.0. The minimum absolute atomic E-state index is 0.627. The Morgan fingerprint density at radius 3 is 1.37 bits per heavy atom. The molecule has 0 saturated heterocycles. The number of aromatic nitrogens is 3. The average molecular weight is 751 g/mol. The molecule has 0 atom stereocenters. The van der Waals surface area contributed by atoms with Gasteiger partial charge in [0.05, 0.1) is 50.4 Å². The quantitative estimate of drug-likeness (QED) is 0.173. The highest BCUT2D eigenvalue weighted by molar-refractivity contribution is 6.14. The van der Waals surface area contributed by atoms with Crippen LogP contribution in [0.15, 0.2) is 206 Å². The average Bonchev–Trinajstić information content (AvgIpc) is 3.94. The number of nitriles is 1.